The van der Waals surface area contributed by atoms with Crippen molar-refractivity contribution in [3.05, 3.63) is 0 Å². The van der Waals surface area contributed by atoms with E-state index in [1.54, 1.807) is 6.92 Å². The number of amides is 1. The van der Waals surface area contributed by atoms with Crippen molar-refractivity contribution in [3.8, 4) is 0 Å². The summed E-state index contributed by atoms with van der Waals surface area (Å²) in [6, 6.07) is 0. The second kappa shape index (κ2) is 5.11. The molecule has 2 N–H and O–H groups in total. The third kappa shape index (κ3) is 2.92. The molecule has 0 aliphatic heterocycles. The fourth-order valence-electron chi connectivity index (χ4n) is 2.07. The monoisotopic (exact) mass is 215 g/mol. The van der Waals surface area contributed by atoms with Crippen LogP contribution in [0, 0.1) is 17.8 Å². The van der Waals surface area contributed by atoms with Gasteiger partial charge >= 0.3 is 5.97 Å². The highest BCUT2D eigenvalue weighted by Crippen LogP contribution is 2.36. The summed E-state index contributed by atoms with van der Waals surface area (Å²) in [6.45, 7) is 4.10. The van der Waals surface area contributed by atoms with Crippen LogP contribution in [0.3, 0.4) is 0 Å². The first kappa shape index (κ1) is 12.0. The maximum absolute atomic E-state index is 11.6. The van der Waals surface area contributed by atoms with Crippen LogP contribution < -0.4 is 5.48 Å². The Morgan fingerprint density at radius 2 is 2.00 bits per heavy atom. The zero-order chi connectivity index (χ0) is 11.4. The van der Waals surface area contributed by atoms with Gasteiger partial charge in [-0.25, -0.2) is 5.48 Å². The van der Waals surface area contributed by atoms with Gasteiger partial charge in [0.2, 0.25) is 5.91 Å². The minimum absolute atomic E-state index is 0.281. The van der Waals surface area contributed by atoms with Gasteiger partial charge < -0.3 is 5.11 Å². The quantitative estimate of drug-likeness (QED) is 0.680. The molecule has 0 spiro atoms. The standard InChI is InChI=1S/C10H17NO4/c1-3-15-11-9(12)7-4-6(2)5-8(7)10(13)14/h6-8H,3-5H2,1-2H3,(H,11,12)(H,13,14)/t6?,7-,8+/m0/s1. The molecule has 1 unspecified atom stereocenters. The van der Waals surface area contributed by atoms with Gasteiger partial charge in [0.15, 0.2) is 0 Å². The largest absolute Gasteiger partial charge is 0.481 e. The van der Waals surface area contributed by atoms with Crippen molar-refractivity contribution < 1.29 is 19.5 Å². The average Bonchev–Trinajstić information content (AvgIpc) is 2.57. The Balaban J connectivity index is 2.58. The van der Waals surface area contributed by atoms with E-state index >= 15 is 0 Å². The summed E-state index contributed by atoms with van der Waals surface area (Å²) in [4.78, 5) is 27.3. The van der Waals surface area contributed by atoms with Gasteiger partial charge in [-0.3, -0.25) is 14.4 Å². The minimum atomic E-state index is -0.893. The maximum atomic E-state index is 11.6. The molecule has 1 rings (SSSR count). The summed E-state index contributed by atoms with van der Waals surface area (Å²) in [7, 11) is 0. The lowest BCUT2D eigenvalue weighted by Crippen LogP contribution is -2.35. The Bertz CT molecular complexity index is 254. The van der Waals surface area contributed by atoms with Crippen molar-refractivity contribution in [1.82, 2.24) is 5.48 Å². The Kier molecular flexibility index (Phi) is 4.08. The number of nitrogens with one attached hydrogen (secondary N) is 1. The van der Waals surface area contributed by atoms with Crippen molar-refractivity contribution in [2.24, 2.45) is 17.8 Å². The molecule has 86 valence electrons. The minimum Gasteiger partial charge on any atom is -0.481 e. The molecular formula is C10H17NO4. The number of carboxylic acid groups (broad SMARTS) is 1. The Hall–Kier alpha value is -1.10. The third-order valence-electron chi connectivity index (χ3n) is 2.77. The van der Waals surface area contributed by atoms with Crippen LogP contribution in [0.15, 0.2) is 0 Å². The number of hydroxylamine groups is 1. The van der Waals surface area contributed by atoms with E-state index in [-0.39, 0.29) is 11.8 Å². The van der Waals surface area contributed by atoms with Crippen LogP contribution in [0.4, 0.5) is 0 Å². The van der Waals surface area contributed by atoms with Crippen LogP contribution >= 0.6 is 0 Å². The van der Waals surface area contributed by atoms with Crippen LogP contribution in [0.5, 0.6) is 0 Å². The molecule has 1 fully saturated rings. The molecule has 5 heteroatoms. The number of aliphatic carboxylic acids is 1. The second-order valence-corrected chi connectivity index (χ2v) is 4.03. The van der Waals surface area contributed by atoms with Gasteiger partial charge in [-0.1, -0.05) is 6.92 Å². The van der Waals surface area contributed by atoms with Crippen molar-refractivity contribution >= 4 is 11.9 Å². The molecular weight excluding hydrogens is 198 g/mol. The van der Waals surface area contributed by atoms with Crippen LogP contribution in [-0.2, 0) is 14.4 Å². The van der Waals surface area contributed by atoms with Crippen LogP contribution in [0.25, 0.3) is 0 Å². The van der Waals surface area contributed by atoms with E-state index in [1.807, 2.05) is 6.92 Å². The van der Waals surface area contributed by atoms with Crippen molar-refractivity contribution in [3.63, 3.8) is 0 Å². The summed E-state index contributed by atoms with van der Waals surface area (Å²) in [5.41, 5.74) is 2.28. The number of carbonyl (C=O) groups excluding carboxylic acids is 1. The molecule has 5 nitrogen and oxygen atoms in total. The molecule has 15 heavy (non-hydrogen) atoms. The summed E-state index contributed by atoms with van der Waals surface area (Å²) in [5.74, 6) is -1.95. The Labute approximate surface area is 88.8 Å². The van der Waals surface area contributed by atoms with E-state index in [4.69, 9.17) is 9.94 Å². The molecule has 1 saturated carbocycles. The summed E-state index contributed by atoms with van der Waals surface area (Å²) < 4.78 is 0. The number of carbonyl (C=O) groups is 2. The molecule has 1 aliphatic rings. The zero-order valence-corrected chi connectivity index (χ0v) is 9.03. The van der Waals surface area contributed by atoms with E-state index in [2.05, 4.69) is 5.48 Å². The number of carboxylic acids is 1. The van der Waals surface area contributed by atoms with Gasteiger partial charge in [-0.2, -0.15) is 0 Å². The molecule has 0 aromatic heterocycles. The van der Waals surface area contributed by atoms with E-state index in [1.165, 1.54) is 0 Å². The topological polar surface area (TPSA) is 75.6 Å². The smallest absolute Gasteiger partial charge is 0.307 e. The predicted molar refractivity (Wildman–Crippen MR) is 52.8 cm³/mol. The van der Waals surface area contributed by atoms with Crippen molar-refractivity contribution in [2.45, 2.75) is 26.7 Å². The first-order chi connectivity index (χ1) is 7.06. The zero-order valence-electron chi connectivity index (χ0n) is 9.03. The normalized spacial score (nSPS) is 30.1. The van der Waals surface area contributed by atoms with Crippen LogP contribution in [0.1, 0.15) is 26.7 Å². The van der Waals surface area contributed by atoms with E-state index in [0.29, 0.717) is 19.4 Å². The average molecular weight is 215 g/mol. The fourth-order valence-corrected chi connectivity index (χ4v) is 2.07. The van der Waals surface area contributed by atoms with E-state index in [0.717, 1.165) is 0 Å². The number of hydrogen-bond donors (Lipinski definition) is 2. The third-order valence-corrected chi connectivity index (χ3v) is 2.77. The molecule has 0 aromatic rings. The maximum Gasteiger partial charge on any atom is 0.307 e. The number of rotatable bonds is 4. The van der Waals surface area contributed by atoms with Gasteiger partial charge in [-0.05, 0) is 25.7 Å². The van der Waals surface area contributed by atoms with Crippen molar-refractivity contribution in [2.75, 3.05) is 6.61 Å². The summed E-state index contributed by atoms with van der Waals surface area (Å²) >= 11 is 0. The number of hydrogen-bond acceptors (Lipinski definition) is 3. The lowest BCUT2D eigenvalue weighted by Gasteiger charge is -2.14. The van der Waals surface area contributed by atoms with Gasteiger partial charge in [0.25, 0.3) is 0 Å². The van der Waals surface area contributed by atoms with Gasteiger partial charge in [0.05, 0.1) is 18.4 Å². The lowest BCUT2D eigenvalue weighted by atomic mass is 9.96. The van der Waals surface area contributed by atoms with Crippen LogP contribution in [0.2, 0.25) is 0 Å². The molecule has 0 saturated heterocycles. The summed E-state index contributed by atoms with van der Waals surface area (Å²) in [5, 5.41) is 8.95. The second-order valence-electron chi connectivity index (χ2n) is 4.03. The highest BCUT2D eigenvalue weighted by atomic mass is 16.6. The van der Waals surface area contributed by atoms with Gasteiger partial charge in [-0.15, -0.1) is 0 Å². The fraction of sp³-hybridized carbons (Fsp3) is 0.800. The predicted octanol–water partition coefficient (Wildman–Crippen LogP) is 0.801. The van der Waals surface area contributed by atoms with E-state index in [9.17, 15) is 9.59 Å². The van der Waals surface area contributed by atoms with Crippen LogP contribution in [-0.4, -0.2) is 23.6 Å². The molecule has 3 atom stereocenters. The molecule has 0 aromatic carbocycles. The Morgan fingerprint density at radius 1 is 1.40 bits per heavy atom. The first-order valence-corrected chi connectivity index (χ1v) is 5.20. The highest BCUT2D eigenvalue weighted by molar-refractivity contribution is 5.84. The first-order valence-electron chi connectivity index (χ1n) is 5.20. The molecule has 0 radical (unpaired) electrons. The molecule has 0 bridgehead atoms. The van der Waals surface area contributed by atoms with Gasteiger partial charge in [0, 0.05) is 0 Å². The Morgan fingerprint density at radius 3 is 2.53 bits per heavy atom. The van der Waals surface area contributed by atoms with Gasteiger partial charge in [0.1, 0.15) is 0 Å². The highest BCUT2D eigenvalue weighted by Gasteiger charge is 2.41. The molecule has 0 heterocycles. The molecule has 1 amide bonds. The lowest BCUT2D eigenvalue weighted by molar-refractivity contribution is -0.149. The van der Waals surface area contributed by atoms with E-state index < -0.39 is 17.8 Å². The van der Waals surface area contributed by atoms with Crippen molar-refractivity contribution in [1.29, 1.82) is 0 Å². The molecule has 1 aliphatic carbocycles. The SMILES string of the molecule is CCONC(=O)[C@H]1CC(C)C[C@H]1C(=O)O. The summed E-state index contributed by atoms with van der Waals surface area (Å²) in [6.07, 6.45) is 1.19.